The molecule has 0 bridgehead atoms. The molecule has 0 unspecified atom stereocenters. The molecule has 1 fully saturated rings. The van der Waals surface area contributed by atoms with Gasteiger partial charge >= 0.3 is 0 Å². The van der Waals surface area contributed by atoms with Crippen LogP contribution in [0.15, 0.2) is 0 Å². The maximum Gasteiger partial charge on any atom is 0.222 e. The van der Waals surface area contributed by atoms with Crippen molar-refractivity contribution in [3.05, 3.63) is 0 Å². The number of hydrogen-bond donors (Lipinski definition) is 0. The zero-order chi connectivity index (χ0) is 12.3. The minimum absolute atomic E-state index is 0.222. The van der Waals surface area contributed by atoms with E-state index in [2.05, 4.69) is 0 Å². The quantitative estimate of drug-likeness (QED) is 0.678. The molecule has 2 nitrogen and oxygen atoms in total. The van der Waals surface area contributed by atoms with Crippen LogP contribution >= 0.6 is 46.4 Å². The Hall–Kier alpha value is 0.630. The molecule has 0 saturated carbocycles. The fourth-order valence-electron chi connectivity index (χ4n) is 0.783. The first kappa shape index (κ1) is 18.0. The van der Waals surface area contributed by atoms with E-state index in [0.717, 1.165) is 19.4 Å². The maximum atomic E-state index is 10.5. The van der Waals surface area contributed by atoms with Crippen LogP contribution in [0.1, 0.15) is 19.8 Å². The number of halogens is 4. The highest BCUT2D eigenvalue weighted by Crippen LogP contribution is 2.04. The fraction of sp³-hybridized carbons (Fsp3) is 0.889. The topological polar surface area (TPSA) is 20.3 Å². The van der Waals surface area contributed by atoms with Gasteiger partial charge in [0.05, 0.1) is 0 Å². The molecule has 0 N–H and O–H groups in total. The Labute approximate surface area is 112 Å². The molecule has 15 heavy (non-hydrogen) atoms. The number of amides is 1. The lowest BCUT2D eigenvalue weighted by Gasteiger charge is -2.03. The third kappa shape index (κ3) is 17.3. The number of hydrogen-bond acceptors (Lipinski definition) is 1. The van der Waals surface area contributed by atoms with Gasteiger partial charge in [0, 0.05) is 31.8 Å². The highest BCUT2D eigenvalue weighted by Gasteiger charge is 2.14. The molecule has 1 aliphatic rings. The molecule has 0 aromatic carbocycles. The monoisotopic (exact) mass is 295 g/mol. The summed E-state index contributed by atoms with van der Waals surface area (Å²) in [6, 6.07) is 0. The van der Waals surface area contributed by atoms with Gasteiger partial charge < -0.3 is 4.90 Å². The van der Waals surface area contributed by atoms with Gasteiger partial charge in [-0.05, 0) is 13.3 Å². The highest BCUT2D eigenvalue weighted by molar-refractivity contribution is 6.43. The zero-order valence-electron chi connectivity index (χ0n) is 8.98. The Morgan fingerprint density at radius 3 is 1.80 bits per heavy atom. The van der Waals surface area contributed by atoms with Crippen LogP contribution in [0.3, 0.4) is 0 Å². The van der Waals surface area contributed by atoms with Crippen molar-refractivity contribution in [2.45, 2.75) is 24.6 Å². The second kappa shape index (κ2) is 12.7. The molecule has 1 amide bonds. The molecule has 92 valence electrons. The third-order valence-corrected chi connectivity index (χ3v) is 1.95. The van der Waals surface area contributed by atoms with E-state index in [9.17, 15) is 4.79 Å². The van der Waals surface area contributed by atoms with Crippen molar-refractivity contribution in [3.63, 3.8) is 0 Å². The normalized spacial score (nSPS) is 14.3. The Morgan fingerprint density at radius 2 is 1.73 bits per heavy atom. The van der Waals surface area contributed by atoms with Gasteiger partial charge in [0.25, 0.3) is 0 Å². The maximum absolute atomic E-state index is 10.5. The second-order valence-corrected chi connectivity index (χ2v) is 5.10. The smallest absolute Gasteiger partial charge is 0.222 e. The lowest BCUT2D eigenvalue weighted by molar-refractivity contribution is -0.126. The molecular formula is C9H17Cl4NO. The molecule has 1 rings (SSSR count). The van der Waals surface area contributed by atoms with Gasteiger partial charge in [0.2, 0.25) is 5.91 Å². The highest BCUT2D eigenvalue weighted by atomic mass is 35.5. The van der Waals surface area contributed by atoms with E-state index in [1.54, 1.807) is 11.8 Å². The number of alkyl halides is 4. The summed E-state index contributed by atoms with van der Waals surface area (Å²) in [5.41, 5.74) is 0. The SMILES string of the molecule is CC(Cl)Cl.CN1CCCC1=O.ClCCCl. The Balaban J connectivity index is 0. The molecule has 1 heterocycles. The Morgan fingerprint density at radius 1 is 1.33 bits per heavy atom. The molecule has 0 atom stereocenters. The van der Waals surface area contributed by atoms with Gasteiger partial charge in [0.15, 0.2) is 0 Å². The van der Waals surface area contributed by atoms with E-state index in [4.69, 9.17) is 46.4 Å². The summed E-state index contributed by atoms with van der Waals surface area (Å²) in [6.45, 7) is 2.65. The van der Waals surface area contributed by atoms with E-state index in [-0.39, 0.29) is 4.84 Å². The van der Waals surface area contributed by atoms with Crippen molar-refractivity contribution in [2.75, 3.05) is 25.4 Å². The van der Waals surface area contributed by atoms with Gasteiger partial charge in [-0.2, -0.15) is 0 Å². The van der Waals surface area contributed by atoms with Crippen molar-refractivity contribution in [1.29, 1.82) is 0 Å². The van der Waals surface area contributed by atoms with Gasteiger partial charge in [0.1, 0.15) is 4.84 Å². The molecule has 0 spiro atoms. The van der Waals surface area contributed by atoms with E-state index < -0.39 is 0 Å². The molecule has 0 aromatic rings. The van der Waals surface area contributed by atoms with Crippen LogP contribution in [-0.4, -0.2) is 41.0 Å². The van der Waals surface area contributed by atoms with Gasteiger partial charge in [-0.15, -0.1) is 46.4 Å². The first-order chi connectivity index (χ1) is 6.95. The molecule has 1 aliphatic heterocycles. The largest absolute Gasteiger partial charge is 0.346 e. The molecule has 6 heteroatoms. The van der Waals surface area contributed by atoms with Crippen LogP contribution in [-0.2, 0) is 4.79 Å². The van der Waals surface area contributed by atoms with Crippen molar-refractivity contribution >= 4 is 52.3 Å². The predicted octanol–water partition coefficient (Wildman–Crippen LogP) is 3.51. The minimum Gasteiger partial charge on any atom is -0.346 e. The molecule has 0 aromatic heterocycles. The van der Waals surface area contributed by atoms with Crippen molar-refractivity contribution < 1.29 is 4.79 Å². The molecule has 0 radical (unpaired) electrons. The summed E-state index contributed by atoms with van der Waals surface area (Å²) >= 11 is 20.2. The molecular weight excluding hydrogens is 280 g/mol. The molecule has 0 aliphatic carbocycles. The Kier molecular flexibility index (Phi) is 15.2. The summed E-state index contributed by atoms with van der Waals surface area (Å²) < 4.78 is 0. The van der Waals surface area contributed by atoms with Crippen LogP contribution in [0.4, 0.5) is 0 Å². The summed E-state index contributed by atoms with van der Waals surface area (Å²) in [5.74, 6) is 1.41. The van der Waals surface area contributed by atoms with Crippen molar-refractivity contribution in [2.24, 2.45) is 0 Å². The lowest BCUT2D eigenvalue weighted by Crippen LogP contribution is -2.17. The van der Waals surface area contributed by atoms with Crippen LogP contribution in [0, 0.1) is 0 Å². The first-order valence-corrected chi connectivity index (χ1v) is 6.53. The summed E-state index contributed by atoms with van der Waals surface area (Å²) in [7, 11) is 1.84. The van der Waals surface area contributed by atoms with Crippen LogP contribution < -0.4 is 0 Å². The van der Waals surface area contributed by atoms with Crippen LogP contribution in [0.25, 0.3) is 0 Å². The van der Waals surface area contributed by atoms with Gasteiger partial charge in [-0.1, -0.05) is 0 Å². The minimum atomic E-state index is -0.222. The average molecular weight is 297 g/mol. The number of carbonyl (C=O) groups excluding carboxylic acids is 1. The standard InChI is InChI=1S/C5H9NO.2C2H4Cl2/c1-6-4-2-3-5(6)7;1-2(3)4;3-1-2-4/h2-4H2,1H3;2H,1H3;1-2H2. The third-order valence-electron chi connectivity index (χ3n) is 1.38. The predicted molar refractivity (Wildman–Crippen MR) is 69.5 cm³/mol. The summed E-state index contributed by atoms with van der Waals surface area (Å²) in [4.78, 5) is 12.0. The van der Waals surface area contributed by atoms with Crippen molar-refractivity contribution in [1.82, 2.24) is 4.90 Å². The molecule has 1 saturated heterocycles. The Bertz CT molecular complexity index is 150. The number of likely N-dealkylation sites (tertiary alicyclic amines) is 1. The van der Waals surface area contributed by atoms with E-state index in [1.807, 2.05) is 7.05 Å². The summed E-state index contributed by atoms with van der Waals surface area (Å²) in [6.07, 6.45) is 1.81. The average Bonchev–Trinajstić information content (AvgIpc) is 2.51. The number of nitrogens with zero attached hydrogens (tertiary/aromatic N) is 1. The fourth-order valence-corrected chi connectivity index (χ4v) is 0.783. The van der Waals surface area contributed by atoms with Crippen molar-refractivity contribution in [3.8, 4) is 0 Å². The number of rotatable bonds is 1. The zero-order valence-corrected chi connectivity index (χ0v) is 12.0. The van der Waals surface area contributed by atoms with Gasteiger partial charge in [-0.3, -0.25) is 4.79 Å². The van der Waals surface area contributed by atoms with Crippen LogP contribution in [0.5, 0.6) is 0 Å². The van der Waals surface area contributed by atoms with E-state index >= 15 is 0 Å². The van der Waals surface area contributed by atoms with E-state index in [0.29, 0.717) is 17.7 Å². The number of carbonyl (C=O) groups is 1. The van der Waals surface area contributed by atoms with Gasteiger partial charge in [-0.25, -0.2) is 0 Å². The second-order valence-electron chi connectivity index (χ2n) is 2.82. The van der Waals surface area contributed by atoms with Crippen LogP contribution in [0.2, 0.25) is 0 Å². The van der Waals surface area contributed by atoms with E-state index in [1.165, 1.54) is 0 Å². The summed E-state index contributed by atoms with van der Waals surface area (Å²) in [5, 5.41) is 0. The first-order valence-electron chi connectivity index (χ1n) is 4.59. The lowest BCUT2D eigenvalue weighted by atomic mass is 10.4.